The molecule has 3 amide bonds. The van der Waals surface area contributed by atoms with Gasteiger partial charge in [0, 0.05) is 19.4 Å². The highest BCUT2D eigenvalue weighted by atomic mass is 16.5. The molecule has 0 spiro atoms. The molecule has 1 N–H and O–H groups in total. The summed E-state index contributed by atoms with van der Waals surface area (Å²) in [6.07, 6.45) is 1.68. The molecule has 0 bridgehead atoms. The van der Waals surface area contributed by atoms with Gasteiger partial charge in [0.05, 0.1) is 19.2 Å². The van der Waals surface area contributed by atoms with Gasteiger partial charge in [-0.1, -0.05) is 32.9 Å². The zero-order chi connectivity index (χ0) is 18.3. The number of piperidine rings is 1. The first-order valence-corrected chi connectivity index (χ1v) is 8.20. The number of hydrogen-bond acceptors (Lipinski definition) is 4. The molecular formula is C18H26N2O4. The van der Waals surface area contributed by atoms with E-state index in [0.717, 1.165) is 17.0 Å². The van der Waals surface area contributed by atoms with Crippen molar-refractivity contribution >= 4 is 23.4 Å². The van der Waals surface area contributed by atoms with Crippen LogP contribution in [0.5, 0.6) is 5.75 Å². The smallest absolute Gasteiger partial charge is 0.231 e. The van der Waals surface area contributed by atoms with Crippen LogP contribution in [-0.2, 0) is 20.8 Å². The van der Waals surface area contributed by atoms with Gasteiger partial charge in [-0.2, -0.15) is 0 Å². The molecule has 1 atom stereocenters. The van der Waals surface area contributed by atoms with Gasteiger partial charge in [-0.3, -0.25) is 19.7 Å². The van der Waals surface area contributed by atoms with Crippen LogP contribution in [0.15, 0.2) is 18.2 Å². The Balaban J connectivity index is 0.000000230. The Kier molecular flexibility index (Phi) is 7.42. The third-order valence-electron chi connectivity index (χ3n) is 3.87. The molecule has 0 aromatic heterocycles. The normalized spacial score (nSPS) is 18.6. The summed E-state index contributed by atoms with van der Waals surface area (Å²) < 4.78 is 5.18. The van der Waals surface area contributed by atoms with Crippen LogP contribution in [0, 0.1) is 5.92 Å². The minimum Gasteiger partial charge on any atom is -0.495 e. The number of ether oxygens (including phenoxy) is 1. The van der Waals surface area contributed by atoms with Crippen molar-refractivity contribution in [1.29, 1.82) is 0 Å². The van der Waals surface area contributed by atoms with Gasteiger partial charge in [-0.15, -0.1) is 0 Å². The molecule has 6 nitrogen and oxygen atoms in total. The van der Waals surface area contributed by atoms with Crippen molar-refractivity contribution in [2.45, 2.75) is 40.0 Å². The SMILES string of the molecule is CC.CC1CCC(=O)NC1=O.COc1cccc2c1N(C)C(=O)C2. The van der Waals surface area contributed by atoms with Gasteiger partial charge in [0.2, 0.25) is 17.7 Å². The Labute approximate surface area is 143 Å². The maximum absolute atomic E-state index is 11.4. The zero-order valence-electron chi connectivity index (χ0n) is 15.0. The first-order valence-electron chi connectivity index (χ1n) is 8.20. The molecule has 1 aromatic carbocycles. The van der Waals surface area contributed by atoms with Crippen LogP contribution >= 0.6 is 0 Å². The van der Waals surface area contributed by atoms with E-state index >= 15 is 0 Å². The van der Waals surface area contributed by atoms with E-state index < -0.39 is 0 Å². The van der Waals surface area contributed by atoms with E-state index in [9.17, 15) is 14.4 Å². The first-order chi connectivity index (χ1) is 11.4. The Morgan fingerprint density at radius 2 is 1.88 bits per heavy atom. The van der Waals surface area contributed by atoms with Gasteiger partial charge in [0.1, 0.15) is 5.75 Å². The number of imide groups is 1. The number of fused-ring (bicyclic) bond motifs is 1. The zero-order valence-corrected chi connectivity index (χ0v) is 15.0. The fraction of sp³-hybridized carbons (Fsp3) is 0.500. The second kappa shape index (κ2) is 9.05. The molecule has 6 heteroatoms. The molecule has 1 saturated heterocycles. The van der Waals surface area contributed by atoms with E-state index in [-0.39, 0.29) is 23.6 Å². The van der Waals surface area contributed by atoms with Crippen LogP contribution in [0.4, 0.5) is 5.69 Å². The van der Waals surface area contributed by atoms with Gasteiger partial charge < -0.3 is 9.64 Å². The molecule has 2 aliphatic heterocycles. The lowest BCUT2D eigenvalue weighted by Gasteiger charge is -2.15. The Bertz CT molecular complexity index is 613. The van der Waals surface area contributed by atoms with E-state index in [2.05, 4.69) is 5.32 Å². The van der Waals surface area contributed by atoms with E-state index in [1.165, 1.54) is 0 Å². The standard InChI is InChI=1S/C10H11NO2.C6H9NO2.C2H6/c1-11-9(12)6-7-4-3-5-8(13-2)10(7)11;1-4-2-3-5(8)7-6(4)9;1-2/h3-5H,6H2,1-2H3;4H,2-3H2,1H3,(H,7,8,9);1-2H3. The van der Waals surface area contributed by atoms with Crippen LogP contribution in [0.2, 0.25) is 0 Å². The topological polar surface area (TPSA) is 75.7 Å². The number of hydrogen-bond donors (Lipinski definition) is 1. The molecule has 0 saturated carbocycles. The highest BCUT2D eigenvalue weighted by Gasteiger charge is 2.26. The average molecular weight is 334 g/mol. The van der Waals surface area contributed by atoms with Crippen LogP contribution in [0.3, 0.4) is 0 Å². The van der Waals surface area contributed by atoms with E-state index in [1.54, 1.807) is 19.1 Å². The molecule has 2 aliphatic rings. The summed E-state index contributed by atoms with van der Waals surface area (Å²) in [7, 11) is 3.39. The first kappa shape index (κ1) is 19.7. The molecule has 2 heterocycles. The van der Waals surface area contributed by atoms with E-state index in [1.807, 2.05) is 39.0 Å². The average Bonchev–Trinajstić information content (AvgIpc) is 2.88. The molecule has 1 unspecified atom stereocenters. The summed E-state index contributed by atoms with van der Waals surface area (Å²) in [4.78, 5) is 34.2. The summed E-state index contributed by atoms with van der Waals surface area (Å²) in [6.45, 7) is 5.82. The second-order valence-electron chi connectivity index (χ2n) is 5.45. The number of carbonyl (C=O) groups is 3. The lowest BCUT2D eigenvalue weighted by atomic mass is 10.0. The van der Waals surface area contributed by atoms with Gasteiger partial charge >= 0.3 is 0 Å². The van der Waals surface area contributed by atoms with E-state index in [4.69, 9.17) is 4.74 Å². The van der Waals surface area contributed by atoms with Crippen LogP contribution in [0.25, 0.3) is 0 Å². The number of nitrogens with one attached hydrogen (secondary N) is 1. The van der Waals surface area contributed by atoms with Crippen molar-refractivity contribution in [3.05, 3.63) is 23.8 Å². The fourth-order valence-electron chi connectivity index (χ4n) is 2.46. The summed E-state index contributed by atoms with van der Waals surface area (Å²) in [5.41, 5.74) is 1.96. The Morgan fingerprint density at radius 1 is 1.21 bits per heavy atom. The molecule has 132 valence electrons. The highest BCUT2D eigenvalue weighted by Crippen LogP contribution is 2.36. The third-order valence-corrected chi connectivity index (χ3v) is 3.87. The summed E-state index contributed by atoms with van der Waals surface area (Å²) >= 11 is 0. The van der Waals surface area contributed by atoms with Crippen molar-refractivity contribution in [3.63, 3.8) is 0 Å². The van der Waals surface area contributed by atoms with Crippen molar-refractivity contribution in [2.24, 2.45) is 5.92 Å². The minimum absolute atomic E-state index is 0.0164. The van der Waals surface area contributed by atoms with Crippen molar-refractivity contribution in [3.8, 4) is 5.75 Å². The lowest BCUT2D eigenvalue weighted by Crippen LogP contribution is -2.39. The molecule has 0 aliphatic carbocycles. The molecule has 24 heavy (non-hydrogen) atoms. The highest BCUT2D eigenvalue weighted by molar-refractivity contribution is 6.02. The maximum atomic E-state index is 11.4. The largest absolute Gasteiger partial charge is 0.495 e. The van der Waals surface area contributed by atoms with Gasteiger partial charge in [0.15, 0.2) is 0 Å². The quantitative estimate of drug-likeness (QED) is 0.800. The fourth-order valence-corrected chi connectivity index (χ4v) is 2.46. The molecule has 0 radical (unpaired) electrons. The minimum atomic E-state index is -0.141. The number of rotatable bonds is 1. The summed E-state index contributed by atoms with van der Waals surface area (Å²) in [6, 6.07) is 5.73. The molecule has 1 aromatic rings. The number of anilines is 1. The molecule has 3 rings (SSSR count). The van der Waals surface area contributed by atoms with Crippen LogP contribution in [-0.4, -0.2) is 31.9 Å². The number of nitrogens with zero attached hydrogens (tertiary/aromatic N) is 1. The number of para-hydroxylation sites is 1. The molecular weight excluding hydrogens is 308 g/mol. The van der Waals surface area contributed by atoms with Gasteiger partial charge in [-0.05, 0) is 18.1 Å². The monoisotopic (exact) mass is 334 g/mol. The number of amides is 3. The Hall–Kier alpha value is -2.37. The van der Waals surface area contributed by atoms with E-state index in [0.29, 0.717) is 19.3 Å². The maximum Gasteiger partial charge on any atom is 0.231 e. The van der Waals surface area contributed by atoms with Gasteiger partial charge in [0.25, 0.3) is 0 Å². The summed E-state index contributed by atoms with van der Waals surface area (Å²) in [5, 5.41) is 2.25. The Morgan fingerprint density at radius 3 is 2.42 bits per heavy atom. The van der Waals surface area contributed by atoms with Crippen molar-refractivity contribution < 1.29 is 19.1 Å². The van der Waals surface area contributed by atoms with Crippen molar-refractivity contribution in [1.82, 2.24) is 5.32 Å². The third kappa shape index (κ3) is 4.57. The number of likely N-dealkylation sites (N-methyl/N-ethyl adjacent to an activating group) is 1. The van der Waals surface area contributed by atoms with Gasteiger partial charge in [-0.25, -0.2) is 0 Å². The summed E-state index contributed by atoms with van der Waals surface area (Å²) in [5.74, 6) is 0.636. The second-order valence-corrected chi connectivity index (χ2v) is 5.45. The molecule has 1 fully saturated rings. The van der Waals surface area contributed by atoms with Crippen LogP contribution < -0.4 is 15.0 Å². The number of methoxy groups -OCH3 is 1. The predicted octanol–water partition coefficient (Wildman–Crippen LogP) is 2.30. The predicted molar refractivity (Wildman–Crippen MR) is 93.0 cm³/mol. The lowest BCUT2D eigenvalue weighted by molar-refractivity contribution is -0.135. The number of carbonyl (C=O) groups excluding carboxylic acids is 3. The van der Waals surface area contributed by atoms with Crippen molar-refractivity contribution in [2.75, 3.05) is 19.1 Å². The van der Waals surface area contributed by atoms with Crippen LogP contribution in [0.1, 0.15) is 39.2 Å². The number of benzene rings is 1.